The highest BCUT2D eigenvalue weighted by molar-refractivity contribution is 5.88. The number of phenolic OH excluding ortho intramolecular Hbond substituents is 3. The van der Waals surface area contributed by atoms with Crippen LogP contribution in [0.15, 0.2) is 40.8 Å². The molecular formula is C27H31O15+. The largest absolute Gasteiger partial charge is 0.507 e. The average Bonchev–Trinajstić information content (AvgIpc) is 2.97. The normalized spacial score (nSPS) is 31.6. The van der Waals surface area contributed by atoms with Crippen LogP contribution in [-0.4, -0.2) is 122 Å². The molecule has 5 rings (SSSR count). The third kappa shape index (κ3) is 5.61. The Bertz CT molecular complexity index is 1420. The minimum Gasteiger partial charge on any atom is -0.507 e. The first-order chi connectivity index (χ1) is 20.0. The fraction of sp³-hybridized carbons (Fsp3) is 0.444. The molecule has 2 saturated heterocycles. The summed E-state index contributed by atoms with van der Waals surface area (Å²) < 4.78 is 33.9. The van der Waals surface area contributed by atoms with E-state index in [-0.39, 0.29) is 45.5 Å². The molecule has 2 fully saturated rings. The Hall–Kier alpha value is -3.51. The van der Waals surface area contributed by atoms with E-state index in [1.54, 1.807) is 0 Å². The topological polar surface area (TPSA) is 240 Å². The Labute approximate surface area is 237 Å². The van der Waals surface area contributed by atoms with Crippen molar-refractivity contribution >= 4 is 11.0 Å². The van der Waals surface area contributed by atoms with Crippen LogP contribution in [0.4, 0.5) is 0 Å². The Morgan fingerprint density at radius 2 is 1.62 bits per heavy atom. The van der Waals surface area contributed by atoms with Crippen molar-refractivity contribution in [2.24, 2.45) is 0 Å². The van der Waals surface area contributed by atoms with Gasteiger partial charge in [-0.1, -0.05) is 0 Å². The van der Waals surface area contributed by atoms with E-state index in [4.69, 9.17) is 28.1 Å². The van der Waals surface area contributed by atoms with Crippen molar-refractivity contribution in [3.05, 3.63) is 36.4 Å². The van der Waals surface area contributed by atoms with Gasteiger partial charge < -0.3 is 69.6 Å². The quantitative estimate of drug-likeness (QED) is 0.151. The van der Waals surface area contributed by atoms with Crippen molar-refractivity contribution in [1.29, 1.82) is 0 Å². The molecule has 228 valence electrons. The van der Waals surface area contributed by atoms with Crippen molar-refractivity contribution in [2.75, 3.05) is 20.3 Å². The Morgan fingerprint density at radius 1 is 0.857 bits per heavy atom. The second-order valence-corrected chi connectivity index (χ2v) is 9.88. The van der Waals surface area contributed by atoms with Crippen LogP contribution in [-0.2, 0) is 14.2 Å². The molecule has 3 aromatic rings. The lowest BCUT2D eigenvalue weighted by atomic mass is 9.98. The average molecular weight is 596 g/mol. The second kappa shape index (κ2) is 12.0. The summed E-state index contributed by atoms with van der Waals surface area (Å²) in [6.07, 6.45) is -14.4. The lowest BCUT2D eigenvalue weighted by Gasteiger charge is -2.44. The summed E-state index contributed by atoms with van der Waals surface area (Å²) in [6.45, 7) is -1.15. The van der Waals surface area contributed by atoms with Gasteiger partial charge in [-0.25, -0.2) is 4.42 Å². The molecule has 15 heteroatoms. The maximum Gasteiger partial charge on any atom is 0.402 e. The van der Waals surface area contributed by atoms with Gasteiger partial charge in [0.25, 0.3) is 0 Å². The number of rotatable bonds is 7. The number of hydrogen-bond acceptors (Lipinski definition) is 14. The summed E-state index contributed by atoms with van der Waals surface area (Å²) in [5.41, 5.74) is 0.328. The molecule has 0 aliphatic carbocycles. The van der Waals surface area contributed by atoms with Crippen LogP contribution in [0.1, 0.15) is 0 Å². The number of phenols is 3. The van der Waals surface area contributed by atoms with Gasteiger partial charge in [-0.2, -0.15) is 0 Å². The molecule has 0 spiro atoms. The molecule has 2 aromatic carbocycles. The van der Waals surface area contributed by atoms with Gasteiger partial charge >= 0.3 is 11.3 Å². The van der Waals surface area contributed by atoms with Crippen LogP contribution in [0.2, 0.25) is 0 Å². The Morgan fingerprint density at radius 3 is 2.33 bits per heavy atom. The fourth-order valence-electron chi connectivity index (χ4n) is 4.77. The Balaban J connectivity index is 1.58. The standard InChI is InChI=1S/C27H30O15/c1-37-17-4-10(2-3-13(17)30)24-18(7-12-14(31)5-11(29)6-16(12)39-24)40-27-25(22(35)21(34)19(8-28)41-27)42-26-23(36)20(33)15(32)9-38-26/h2-7,15,19-23,25-28,32-36H,8-9H2,1H3,(H2-,29,30,31)/p+1/t15-,19?,20?,21-,22?,23-,25?,26+,27-/m1/s1. The van der Waals surface area contributed by atoms with Crippen LogP contribution in [0.25, 0.3) is 22.3 Å². The van der Waals surface area contributed by atoms with Gasteiger partial charge in [0.2, 0.25) is 12.0 Å². The van der Waals surface area contributed by atoms with Crippen molar-refractivity contribution in [3.63, 3.8) is 0 Å². The molecule has 3 heterocycles. The minimum atomic E-state index is -1.78. The minimum absolute atomic E-state index is 0.0261. The summed E-state index contributed by atoms with van der Waals surface area (Å²) in [4.78, 5) is 0. The Kier molecular flexibility index (Phi) is 8.56. The van der Waals surface area contributed by atoms with Crippen LogP contribution in [0.3, 0.4) is 0 Å². The predicted octanol–water partition coefficient (Wildman–Crippen LogP) is -0.852. The third-order valence-corrected chi connectivity index (χ3v) is 7.07. The number of fused-ring (bicyclic) bond motifs is 1. The molecular weight excluding hydrogens is 564 g/mol. The highest BCUT2D eigenvalue weighted by atomic mass is 16.8. The van der Waals surface area contributed by atoms with E-state index in [0.717, 1.165) is 6.07 Å². The van der Waals surface area contributed by atoms with Crippen LogP contribution in [0, 0.1) is 0 Å². The summed E-state index contributed by atoms with van der Waals surface area (Å²) in [7, 11) is 1.33. The first-order valence-electron chi connectivity index (χ1n) is 12.8. The molecule has 9 N–H and O–H groups in total. The van der Waals surface area contributed by atoms with Gasteiger partial charge in [-0.05, 0) is 12.1 Å². The highest BCUT2D eigenvalue weighted by Gasteiger charge is 2.50. The summed E-state index contributed by atoms with van der Waals surface area (Å²) >= 11 is 0. The van der Waals surface area contributed by atoms with E-state index in [1.165, 1.54) is 37.4 Å². The SMILES string of the molecule is COc1cc(-c2[o+]c3cc(O)cc(O)c3cc2O[C@@H]2OC(CO)[C@@H](O)C(O)C2O[C@@H]2OC[C@@H](O)C(O)[C@H]2O)ccc1O. The maximum atomic E-state index is 10.9. The lowest BCUT2D eigenvalue weighted by Crippen LogP contribution is -2.63. The monoisotopic (exact) mass is 595 g/mol. The van der Waals surface area contributed by atoms with E-state index in [0.29, 0.717) is 5.56 Å². The van der Waals surface area contributed by atoms with Gasteiger partial charge in [0.1, 0.15) is 53.5 Å². The molecule has 15 nitrogen and oxygen atoms in total. The highest BCUT2D eigenvalue weighted by Crippen LogP contribution is 2.42. The first-order valence-corrected chi connectivity index (χ1v) is 12.8. The summed E-state index contributed by atoms with van der Waals surface area (Å²) in [5, 5.41) is 92.1. The summed E-state index contributed by atoms with van der Waals surface area (Å²) in [5.74, 6) is -0.925. The van der Waals surface area contributed by atoms with E-state index in [1.807, 2.05) is 0 Å². The van der Waals surface area contributed by atoms with E-state index in [9.17, 15) is 46.0 Å². The van der Waals surface area contributed by atoms with Crippen LogP contribution in [0.5, 0.6) is 28.7 Å². The number of methoxy groups -OCH3 is 1. The molecule has 4 unspecified atom stereocenters. The summed E-state index contributed by atoms with van der Waals surface area (Å²) in [6, 6.07) is 7.84. The number of benzene rings is 2. The first kappa shape index (κ1) is 30.0. The predicted molar refractivity (Wildman–Crippen MR) is 139 cm³/mol. The molecule has 0 amide bonds. The molecule has 0 saturated carbocycles. The molecule has 0 radical (unpaired) electrons. The zero-order valence-corrected chi connectivity index (χ0v) is 22.0. The van der Waals surface area contributed by atoms with Crippen molar-refractivity contribution in [1.82, 2.24) is 0 Å². The smallest absolute Gasteiger partial charge is 0.402 e. The number of aromatic hydroxyl groups is 3. The molecule has 42 heavy (non-hydrogen) atoms. The van der Waals surface area contributed by atoms with Crippen molar-refractivity contribution < 1.29 is 74.1 Å². The van der Waals surface area contributed by atoms with E-state index >= 15 is 0 Å². The zero-order chi connectivity index (χ0) is 30.3. The third-order valence-electron chi connectivity index (χ3n) is 7.07. The van der Waals surface area contributed by atoms with Crippen molar-refractivity contribution in [2.45, 2.75) is 55.3 Å². The number of hydrogen-bond donors (Lipinski definition) is 9. The van der Waals surface area contributed by atoms with Gasteiger partial charge in [-0.3, -0.25) is 0 Å². The van der Waals surface area contributed by atoms with Gasteiger partial charge in [0.05, 0.1) is 32.0 Å². The molecule has 0 bridgehead atoms. The van der Waals surface area contributed by atoms with Gasteiger partial charge in [0.15, 0.2) is 23.9 Å². The number of aliphatic hydroxyl groups is 6. The maximum absolute atomic E-state index is 10.9. The van der Waals surface area contributed by atoms with E-state index in [2.05, 4.69) is 0 Å². The zero-order valence-electron chi connectivity index (χ0n) is 22.0. The van der Waals surface area contributed by atoms with Gasteiger partial charge in [0, 0.05) is 18.2 Å². The molecule has 9 atom stereocenters. The lowest BCUT2D eigenvalue weighted by molar-refractivity contribution is -0.344. The number of aliphatic hydroxyl groups excluding tert-OH is 6. The van der Waals surface area contributed by atoms with Crippen molar-refractivity contribution in [3.8, 4) is 40.1 Å². The van der Waals surface area contributed by atoms with Crippen LogP contribution >= 0.6 is 0 Å². The molecule has 2 aliphatic rings. The second-order valence-electron chi connectivity index (χ2n) is 9.88. The number of ether oxygens (including phenoxy) is 5. The van der Waals surface area contributed by atoms with Gasteiger partial charge in [-0.15, -0.1) is 0 Å². The molecule has 1 aromatic heterocycles. The van der Waals surface area contributed by atoms with Crippen LogP contribution < -0.4 is 9.47 Å². The molecule has 2 aliphatic heterocycles. The fourth-order valence-corrected chi connectivity index (χ4v) is 4.77. The van der Waals surface area contributed by atoms with E-state index < -0.39 is 68.5 Å².